The molecule has 1 aliphatic heterocycles. The molecule has 0 aliphatic carbocycles. The number of ether oxygens (including phenoxy) is 1. The van der Waals surface area contributed by atoms with Crippen LogP contribution in [0.5, 0.6) is 5.75 Å². The monoisotopic (exact) mass is 365 g/mol. The topological polar surface area (TPSA) is 29.5 Å². The normalized spacial score (nSPS) is 15.3. The molecule has 1 aromatic heterocycles. The molecule has 0 unspecified atom stereocenters. The molecule has 1 fully saturated rings. The van der Waals surface area contributed by atoms with Crippen LogP contribution in [-0.2, 0) is 6.42 Å². The van der Waals surface area contributed by atoms with Gasteiger partial charge in [0, 0.05) is 17.8 Å². The highest BCUT2D eigenvalue weighted by Gasteiger charge is 2.24. The number of benzene rings is 2. The highest BCUT2D eigenvalue weighted by molar-refractivity contribution is 7.20. The van der Waals surface area contributed by atoms with Gasteiger partial charge < -0.3 is 9.64 Å². The van der Waals surface area contributed by atoms with Gasteiger partial charge in [-0.1, -0.05) is 30.3 Å². The van der Waals surface area contributed by atoms with Gasteiger partial charge in [-0.3, -0.25) is 4.79 Å². The van der Waals surface area contributed by atoms with Gasteiger partial charge in [0.2, 0.25) is 0 Å². The van der Waals surface area contributed by atoms with E-state index < -0.39 is 0 Å². The fourth-order valence-electron chi connectivity index (χ4n) is 3.70. The molecular weight excluding hydrogens is 342 g/mol. The third-order valence-corrected chi connectivity index (χ3v) is 6.31. The van der Waals surface area contributed by atoms with Crippen molar-refractivity contribution in [1.29, 1.82) is 0 Å². The third kappa shape index (κ3) is 3.61. The number of thiophene rings is 1. The van der Waals surface area contributed by atoms with Crippen LogP contribution >= 0.6 is 11.3 Å². The fraction of sp³-hybridized carbons (Fsp3) is 0.318. The second-order valence-electron chi connectivity index (χ2n) is 6.94. The minimum atomic E-state index is 0.170. The number of likely N-dealkylation sites (tertiary alicyclic amines) is 1. The summed E-state index contributed by atoms with van der Waals surface area (Å²) < 4.78 is 6.41. The number of hydrogen-bond donors (Lipinski definition) is 0. The molecule has 0 spiro atoms. The summed E-state index contributed by atoms with van der Waals surface area (Å²) in [6.07, 6.45) is 3.28. The van der Waals surface area contributed by atoms with Crippen molar-refractivity contribution in [2.75, 3.05) is 20.2 Å². The Balaban J connectivity index is 1.40. The van der Waals surface area contributed by atoms with Gasteiger partial charge in [-0.25, -0.2) is 0 Å². The van der Waals surface area contributed by atoms with Crippen LogP contribution < -0.4 is 4.74 Å². The Kier molecular flexibility index (Phi) is 4.93. The summed E-state index contributed by atoms with van der Waals surface area (Å²) in [6.45, 7) is 1.71. The summed E-state index contributed by atoms with van der Waals surface area (Å²) >= 11 is 1.57. The van der Waals surface area contributed by atoms with Crippen molar-refractivity contribution in [2.45, 2.75) is 19.3 Å². The number of hydrogen-bond acceptors (Lipinski definition) is 3. The molecule has 0 N–H and O–H groups in total. The number of fused-ring (bicyclic) bond motifs is 1. The lowest BCUT2D eigenvalue weighted by Gasteiger charge is -2.31. The first-order valence-corrected chi connectivity index (χ1v) is 9.95. The van der Waals surface area contributed by atoms with Crippen LogP contribution in [0.25, 0.3) is 10.1 Å². The van der Waals surface area contributed by atoms with Gasteiger partial charge in [-0.2, -0.15) is 0 Å². The van der Waals surface area contributed by atoms with E-state index in [9.17, 15) is 4.79 Å². The highest BCUT2D eigenvalue weighted by atomic mass is 32.1. The predicted molar refractivity (Wildman–Crippen MR) is 107 cm³/mol. The largest absolute Gasteiger partial charge is 0.497 e. The van der Waals surface area contributed by atoms with Crippen LogP contribution in [0, 0.1) is 5.92 Å². The summed E-state index contributed by atoms with van der Waals surface area (Å²) in [7, 11) is 1.67. The van der Waals surface area contributed by atoms with E-state index in [1.165, 1.54) is 5.56 Å². The third-order valence-electron chi connectivity index (χ3n) is 5.20. The molecule has 2 aromatic carbocycles. The molecule has 4 rings (SSSR count). The molecule has 4 heteroatoms. The van der Waals surface area contributed by atoms with Crippen LogP contribution in [-0.4, -0.2) is 31.0 Å². The van der Waals surface area contributed by atoms with Crippen molar-refractivity contribution < 1.29 is 9.53 Å². The zero-order valence-electron chi connectivity index (χ0n) is 15.0. The van der Waals surface area contributed by atoms with Crippen LogP contribution in [0.2, 0.25) is 0 Å². The van der Waals surface area contributed by atoms with Crippen molar-refractivity contribution >= 4 is 27.3 Å². The van der Waals surface area contributed by atoms with E-state index in [0.29, 0.717) is 5.92 Å². The Labute approximate surface area is 158 Å². The Hall–Kier alpha value is -2.33. The maximum atomic E-state index is 12.9. The highest BCUT2D eigenvalue weighted by Crippen LogP contribution is 2.31. The number of nitrogens with zero attached hydrogens (tertiary/aromatic N) is 1. The average Bonchev–Trinajstić information content (AvgIpc) is 3.12. The van der Waals surface area contributed by atoms with E-state index in [4.69, 9.17) is 4.74 Å². The van der Waals surface area contributed by atoms with E-state index >= 15 is 0 Å². The first-order chi connectivity index (χ1) is 12.7. The lowest BCUT2D eigenvalue weighted by molar-refractivity contribution is 0.0695. The van der Waals surface area contributed by atoms with Gasteiger partial charge in [0.15, 0.2) is 0 Å². The predicted octanol–water partition coefficient (Wildman–Crippen LogP) is 5.00. The number of carbonyl (C=O) groups is 1. The van der Waals surface area contributed by atoms with Gasteiger partial charge in [0.1, 0.15) is 5.75 Å². The minimum absolute atomic E-state index is 0.170. The quantitative estimate of drug-likeness (QED) is 0.651. The Morgan fingerprint density at radius 3 is 2.62 bits per heavy atom. The summed E-state index contributed by atoms with van der Waals surface area (Å²) in [5.41, 5.74) is 1.40. The number of amides is 1. The smallest absolute Gasteiger partial charge is 0.263 e. The van der Waals surface area contributed by atoms with E-state index in [1.807, 2.05) is 29.2 Å². The number of piperidine rings is 1. The lowest BCUT2D eigenvalue weighted by Crippen LogP contribution is -2.38. The van der Waals surface area contributed by atoms with Crippen LogP contribution in [0.4, 0.5) is 0 Å². The molecule has 1 saturated heterocycles. The van der Waals surface area contributed by atoms with Gasteiger partial charge in [0.25, 0.3) is 5.91 Å². The molecule has 26 heavy (non-hydrogen) atoms. The maximum absolute atomic E-state index is 12.9. The lowest BCUT2D eigenvalue weighted by atomic mass is 9.90. The first kappa shape index (κ1) is 17.1. The zero-order chi connectivity index (χ0) is 17.9. The molecule has 2 heterocycles. The number of carbonyl (C=O) groups excluding carboxylic acids is 1. The fourth-order valence-corrected chi connectivity index (χ4v) is 4.71. The molecule has 0 bridgehead atoms. The van der Waals surface area contributed by atoms with Gasteiger partial charge >= 0.3 is 0 Å². The SMILES string of the molecule is COc1ccc2sc(C(=O)N3CCC(Cc4ccccc4)CC3)cc2c1. The van der Waals surface area contributed by atoms with Crippen molar-refractivity contribution in [2.24, 2.45) is 5.92 Å². The molecular formula is C22H23NO2S. The van der Waals surface area contributed by atoms with Crippen molar-refractivity contribution in [3.05, 3.63) is 65.0 Å². The molecule has 0 atom stereocenters. The molecule has 0 radical (unpaired) electrons. The average molecular weight is 365 g/mol. The maximum Gasteiger partial charge on any atom is 0.263 e. The van der Waals surface area contributed by atoms with Crippen molar-refractivity contribution in [3.8, 4) is 5.75 Å². The van der Waals surface area contributed by atoms with Gasteiger partial charge in [-0.05, 0) is 60.4 Å². The Bertz CT molecular complexity index is 895. The Morgan fingerprint density at radius 2 is 1.88 bits per heavy atom. The minimum Gasteiger partial charge on any atom is -0.497 e. The summed E-state index contributed by atoms with van der Waals surface area (Å²) in [4.78, 5) is 15.7. The molecule has 134 valence electrons. The standard InChI is InChI=1S/C22H23NO2S/c1-25-19-7-8-20-18(14-19)15-21(26-20)22(24)23-11-9-17(10-12-23)13-16-5-3-2-4-6-16/h2-8,14-15,17H,9-13H2,1H3. The van der Waals surface area contributed by atoms with E-state index in [-0.39, 0.29) is 5.91 Å². The molecule has 1 aliphatic rings. The number of rotatable bonds is 4. The zero-order valence-corrected chi connectivity index (χ0v) is 15.8. The van der Waals surface area contributed by atoms with E-state index in [1.54, 1.807) is 18.4 Å². The van der Waals surface area contributed by atoms with Crippen LogP contribution in [0.15, 0.2) is 54.6 Å². The second kappa shape index (κ2) is 7.50. The molecule has 0 saturated carbocycles. The van der Waals surface area contributed by atoms with Crippen molar-refractivity contribution in [1.82, 2.24) is 4.90 Å². The van der Waals surface area contributed by atoms with E-state index in [0.717, 1.165) is 53.1 Å². The van der Waals surface area contributed by atoms with Crippen LogP contribution in [0.3, 0.4) is 0 Å². The summed E-state index contributed by atoms with van der Waals surface area (Å²) in [6, 6.07) is 18.6. The van der Waals surface area contributed by atoms with Crippen LogP contribution in [0.1, 0.15) is 28.1 Å². The van der Waals surface area contributed by atoms with Crippen molar-refractivity contribution in [3.63, 3.8) is 0 Å². The van der Waals surface area contributed by atoms with E-state index in [2.05, 4.69) is 30.3 Å². The molecule has 3 aromatic rings. The summed E-state index contributed by atoms with van der Waals surface area (Å²) in [5.74, 6) is 1.67. The molecule has 1 amide bonds. The second-order valence-corrected chi connectivity index (χ2v) is 8.02. The van der Waals surface area contributed by atoms with Gasteiger partial charge in [-0.15, -0.1) is 11.3 Å². The van der Waals surface area contributed by atoms with Gasteiger partial charge in [0.05, 0.1) is 12.0 Å². The number of methoxy groups -OCH3 is 1. The Morgan fingerprint density at radius 1 is 1.12 bits per heavy atom. The first-order valence-electron chi connectivity index (χ1n) is 9.14. The summed E-state index contributed by atoms with van der Waals surface area (Å²) in [5, 5.41) is 1.08. The molecule has 3 nitrogen and oxygen atoms in total.